The van der Waals surface area contributed by atoms with E-state index in [-0.39, 0.29) is 36.3 Å². The zero-order chi connectivity index (χ0) is 13.6. The molecule has 2 aliphatic heterocycles. The highest BCUT2D eigenvalue weighted by Crippen LogP contribution is 2.49. The Bertz CT molecular complexity index is 453. The van der Waals surface area contributed by atoms with Crippen LogP contribution in [-0.2, 0) is 14.3 Å². The molecule has 19 heavy (non-hydrogen) atoms. The van der Waals surface area contributed by atoms with Crippen molar-refractivity contribution in [1.29, 1.82) is 0 Å². The van der Waals surface area contributed by atoms with Gasteiger partial charge in [0.2, 0.25) is 0 Å². The van der Waals surface area contributed by atoms with E-state index in [4.69, 9.17) is 9.47 Å². The number of aliphatic hydroxyl groups is 1. The van der Waals surface area contributed by atoms with E-state index in [1.165, 1.54) is 0 Å². The van der Waals surface area contributed by atoms with Crippen LogP contribution in [0.25, 0.3) is 0 Å². The van der Waals surface area contributed by atoms with Crippen molar-refractivity contribution in [3.63, 3.8) is 0 Å². The lowest BCUT2D eigenvalue weighted by molar-refractivity contribution is -0.140. The molecular weight excluding hydrogens is 244 g/mol. The second-order valence-corrected chi connectivity index (χ2v) is 5.95. The van der Waals surface area contributed by atoms with Gasteiger partial charge in [-0.1, -0.05) is 12.7 Å². The fourth-order valence-electron chi connectivity index (χ4n) is 3.26. The van der Waals surface area contributed by atoms with Gasteiger partial charge in [0, 0.05) is 11.5 Å². The van der Waals surface area contributed by atoms with Gasteiger partial charge in [-0.25, -0.2) is 4.79 Å². The van der Waals surface area contributed by atoms with E-state index in [1.54, 1.807) is 0 Å². The van der Waals surface area contributed by atoms with Crippen molar-refractivity contribution in [3.05, 3.63) is 23.8 Å². The molecule has 0 aromatic carbocycles. The van der Waals surface area contributed by atoms with Gasteiger partial charge in [-0.2, -0.15) is 0 Å². The maximum atomic E-state index is 11.7. The van der Waals surface area contributed by atoms with Gasteiger partial charge in [0.1, 0.15) is 12.2 Å². The van der Waals surface area contributed by atoms with Crippen LogP contribution >= 0.6 is 0 Å². The number of esters is 1. The molecule has 3 rings (SSSR count). The summed E-state index contributed by atoms with van der Waals surface area (Å²) < 4.78 is 11.3. The lowest BCUT2D eigenvalue weighted by Crippen LogP contribution is -2.29. The number of allylic oxidation sites excluding steroid dienone is 1. The molecule has 2 heterocycles. The molecule has 0 radical (unpaired) electrons. The van der Waals surface area contributed by atoms with Crippen molar-refractivity contribution < 1.29 is 19.4 Å². The summed E-state index contributed by atoms with van der Waals surface area (Å²) in [6, 6.07) is 0. The molecule has 0 saturated carbocycles. The van der Waals surface area contributed by atoms with Crippen LogP contribution in [0.2, 0.25) is 0 Å². The number of ether oxygens (including phenoxy) is 2. The van der Waals surface area contributed by atoms with Gasteiger partial charge in [-0.15, -0.1) is 0 Å². The van der Waals surface area contributed by atoms with Gasteiger partial charge in [-0.05, 0) is 38.2 Å². The third kappa shape index (κ3) is 2.13. The molecule has 1 aliphatic carbocycles. The first-order chi connectivity index (χ1) is 9.05. The molecular formula is C15H20O4. The molecule has 0 unspecified atom stereocenters. The van der Waals surface area contributed by atoms with Crippen molar-refractivity contribution in [2.45, 2.75) is 50.4 Å². The summed E-state index contributed by atoms with van der Waals surface area (Å²) >= 11 is 0. The molecule has 4 atom stereocenters. The molecule has 104 valence electrons. The van der Waals surface area contributed by atoms with E-state index >= 15 is 0 Å². The Balaban J connectivity index is 1.86. The highest BCUT2D eigenvalue weighted by molar-refractivity contribution is 5.91. The van der Waals surface area contributed by atoms with Gasteiger partial charge < -0.3 is 14.6 Å². The number of aliphatic hydroxyl groups excluding tert-OH is 1. The first-order valence-electron chi connectivity index (χ1n) is 6.91. The largest absolute Gasteiger partial charge is 0.455 e. The third-order valence-electron chi connectivity index (χ3n) is 4.64. The number of carbonyl (C=O) groups excluding carboxylic acids is 1. The number of epoxide rings is 1. The standard InChI is InChI=1S/C15H20O4/c1-9-11-6-5-10(8-16)4-3-7-15(2)13(19-15)12(11)18-14(9)17/h4,11-13,16H,1,3,5-8H2,2H3/b10-4-/t11-,12-,13-,15+/m0/s1. The van der Waals surface area contributed by atoms with Crippen LogP contribution in [0.4, 0.5) is 0 Å². The smallest absolute Gasteiger partial charge is 0.334 e. The highest BCUT2D eigenvalue weighted by atomic mass is 16.6. The van der Waals surface area contributed by atoms with Crippen molar-refractivity contribution in [2.75, 3.05) is 6.61 Å². The number of fused-ring (bicyclic) bond motifs is 3. The Morgan fingerprint density at radius 1 is 1.58 bits per heavy atom. The molecule has 0 aromatic rings. The summed E-state index contributed by atoms with van der Waals surface area (Å²) in [4.78, 5) is 11.7. The Morgan fingerprint density at radius 2 is 2.37 bits per heavy atom. The summed E-state index contributed by atoms with van der Waals surface area (Å²) in [5.74, 6) is -0.269. The summed E-state index contributed by atoms with van der Waals surface area (Å²) in [7, 11) is 0. The van der Waals surface area contributed by atoms with Gasteiger partial charge in [-0.3, -0.25) is 0 Å². The van der Waals surface area contributed by atoms with E-state index in [2.05, 4.69) is 19.6 Å². The second-order valence-electron chi connectivity index (χ2n) is 5.95. The summed E-state index contributed by atoms with van der Waals surface area (Å²) in [5, 5.41) is 9.35. The number of hydrogen-bond donors (Lipinski definition) is 1. The normalized spacial score (nSPS) is 44.7. The van der Waals surface area contributed by atoms with E-state index < -0.39 is 0 Å². The van der Waals surface area contributed by atoms with Crippen molar-refractivity contribution in [2.24, 2.45) is 5.92 Å². The fraction of sp³-hybridized carbons (Fsp3) is 0.667. The van der Waals surface area contributed by atoms with Crippen LogP contribution in [0.1, 0.15) is 32.6 Å². The van der Waals surface area contributed by atoms with Gasteiger partial charge >= 0.3 is 5.97 Å². The first-order valence-corrected chi connectivity index (χ1v) is 6.91. The van der Waals surface area contributed by atoms with E-state index in [0.29, 0.717) is 5.57 Å². The minimum Gasteiger partial charge on any atom is -0.455 e. The topological polar surface area (TPSA) is 59.1 Å². The van der Waals surface area contributed by atoms with Gasteiger partial charge in [0.15, 0.2) is 0 Å². The lowest BCUT2D eigenvalue weighted by atomic mass is 9.84. The van der Waals surface area contributed by atoms with Crippen molar-refractivity contribution >= 4 is 5.97 Å². The van der Waals surface area contributed by atoms with Crippen LogP contribution in [0, 0.1) is 5.92 Å². The Morgan fingerprint density at radius 3 is 3.11 bits per heavy atom. The van der Waals surface area contributed by atoms with Crippen LogP contribution < -0.4 is 0 Å². The minimum absolute atomic E-state index is 0.00442. The van der Waals surface area contributed by atoms with E-state index in [9.17, 15) is 9.90 Å². The predicted octanol–water partition coefficient (Wildman–Crippen LogP) is 1.73. The predicted molar refractivity (Wildman–Crippen MR) is 69.4 cm³/mol. The molecule has 1 N–H and O–H groups in total. The molecule has 4 heteroatoms. The molecule has 4 nitrogen and oxygen atoms in total. The van der Waals surface area contributed by atoms with Crippen molar-refractivity contribution in [1.82, 2.24) is 0 Å². The van der Waals surface area contributed by atoms with E-state index in [0.717, 1.165) is 31.3 Å². The lowest BCUT2D eigenvalue weighted by Gasteiger charge is -2.19. The average Bonchev–Trinajstić information content (AvgIpc) is 2.97. The monoisotopic (exact) mass is 264 g/mol. The molecule has 2 saturated heterocycles. The Kier molecular flexibility index (Phi) is 3.02. The maximum absolute atomic E-state index is 11.7. The van der Waals surface area contributed by atoms with Crippen LogP contribution in [-0.4, -0.2) is 35.5 Å². The molecule has 0 aromatic heterocycles. The Hall–Kier alpha value is -1.13. The van der Waals surface area contributed by atoms with Crippen LogP contribution in [0.15, 0.2) is 23.8 Å². The third-order valence-corrected chi connectivity index (χ3v) is 4.64. The van der Waals surface area contributed by atoms with Crippen molar-refractivity contribution in [3.8, 4) is 0 Å². The van der Waals surface area contributed by atoms with Crippen LogP contribution in [0.5, 0.6) is 0 Å². The molecule has 0 spiro atoms. The van der Waals surface area contributed by atoms with Crippen LogP contribution in [0.3, 0.4) is 0 Å². The minimum atomic E-state index is -0.290. The molecule has 3 aliphatic rings. The number of carbonyl (C=O) groups is 1. The molecule has 0 amide bonds. The highest BCUT2D eigenvalue weighted by Gasteiger charge is 2.61. The Labute approximate surface area is 113 Å². The summed E-state index contributed by atoms with van der Waals surface area (Å²) in [6.07, 6.45) is 5.29. The van der Waals surface area contributed by atoms with Gasteiger partial charge in [0.05, 0.1) is 12.2 Å². The quantitative estimate of drug-likeness (QED) is 0.339. The SMILES string of the molecule is C=C1C(=O)O[C@H]2[C@H]1CC/C(CO)=C/CC[C@@]1(C)O[C@@H]21. The molecule has 0 bridgehead atoms. The summed E-state index contributed by atoms with van der Waals surface area (Å²) in [6.45, 7) is 6.01. The number of hydrogen-bond acceptors (Lipinski definition) is 4. The van der Waals surface area contributed by atoms with Gasteiger partial charge in [0.25, 0.3) is 0 Å². The van der Waals surface area contributed by atoms with E-state index in [1.807, 2.05) is 0 Å². The molecule has 2 fully saturated rings. The fourth-order valence-corrected chi connectivity index (χ4v) is 3.26. The average molecular weight is 264 g/mol. The zero-order valence-electron chi connectivity index (χ0n) is 11.2. The maximum Gasteiger partial charge on any atom is 0.334 e. The zero-order valence-corrected chi connectivity index (χ0v) is 11.2. The summed E-state index contributed by atoms with van der Waals surface area (Å²) in [5.41, 5.74) is 1.40. The number of rotatable bonds is 1. The first kappa shape index (κ1) is 12.9. The second kappa shape index (κ2) is 4.46.